The molecule has 0 bridgehead atoms. The van der Waals surface area contributed by atoms with Crippen LogP contribution in [0.15, 0.2) is 24.3 Å². The molecule has 84 valence electrons. The molecule has 0 aliphatic carbocycles. The van der Waals surface area contributed by atoms with Gasteiger partial charge in [-0.25, -0.2) is 0 Å². The van der Waals surface area contributed by atoms with Crippen LogP contribution in [0.5, 0.6) is 0 Å². The summed E-state index contributed by atoms with van der Waals surface area (Å²) in [5, 5.41) is 0.445. The van der Waals surface area contributed by atoms with Gasteiger partial charge in [-0.1, -0.05) is 43.7 Å². The Morgan fingerprint density at radius 3 is 2.27 bits per heavy atom. The van der Waals surface area contributed by atoms with Gasteiger partial charge in [-0.3, -0.25) is 0 Å². The molecular formula is C13H21NS. The molecule has 2 N–H and O–H groups in total. The van der Waals surface area contributed by atoms with Crippen LogP contribution in [-0.4, -0.2) is 11.8 Å². The van der Waals surface area contributed by atoms with E-state index in [9.17, 15) is 0 Å². The number of rotatable bonds is 5. The van der Waals surface area contributed by atoms with Gasteiger partial charge in [-0.15, -0.1) is 0 Å². The SMILES string of the molecule is CCSC(c1ccc(C)cc1)C(N)CC. The second-order valence-electron chi connectivity index (χ2n) is 3.86. The van der Waals surface area contributed by atoms with Gasteiger partial charge in [0.15, 0.2) is 0 Å². The Kier molecular flexibility index (Phi) is 5.20. The zero-order chi connectivity index (χ0) is 11.3. The lowest BCUT2D eigenvalue weighted by Crippen LogP contribution is -2.25. The maximum Gasteiger partial charge on any atom is 0.0448 e. The highest BCUT2D eigenvalue weighted by Gasteiger charge is 2.17. The van der Waals surface area contributed by atoms with Crippen molar-refractivity contribution in [2.45, 2.75) is 38.5 Å². The molecule has 0 heterocycles. The van der Waals surface area contributed by atoms with E-state index in [1.807, 2.05) is 11.8 Å². The van der Waals surface area contributed by atoms with Crippen molar-refractivity contribution in [3.05, 3.63) is 35.4 Å². The van der Waals surface area contributed by atoms with E-state index in [1.165, 1.54) is 11.1 Å². The lowest BCUT2D eigenvalue weighted by Gasteiger charge is -2.22. The normalized spacial score (nSPS) is 14.9. The van der Waals surface area contributed by atoms with Crippen LogP contribution in [0.25, 0.3) is 0 Å². The van der Waals surface area contributed by atoms with E-state index in [2.05, 4.69) is 45.0 Å². The topological polar surface area (TPSA) is 26.0 Å². The predicted molar refractivity (Wildman–Crippen MR) is 70.3 cm³/mol. The van der Waals surface area contributed by atoms with Crippen LogP contribution in [-0.2, 0) is 0 Å². The monoisotopic (exact) mass is 223 g/mol. The van der Waals surface area contributed by atoms with Gasteiger partial charge in [0.1, 0.15) is 0 Å². The summed E-state index contributed by atoms with van der Waals surface area (Å²) in [5.74, 6) is 1.12. The van der Waals surface area contributed by atoms with E-state index in [-0.39, 0.29) is 6.04 Å². The molecule has 0 aliphatic rings. The van der Waals surface area contributed by atoms with Crippen molar-refractivity contribution >= 4 is 11.8 Å². The van der Waals surface area contributed by atoms with E-state index in [1.54, 1.807) is 0 Å². The molecule has 1 aromatic carbocycles. The van der Waals surface area contributed by atoms with Crippen LogP contribution in [0.4, 0.5) is 0 Å². The molecule has 0 aromatic heterocycles. The molecule has 0 amide bonds. The number of thioether (sulfide) groups is 1. The van der Waals surface area contributed by atoms with Gasteiger partial charge in [0.2, 0.25) is 0 Å². The maximum atomic E-state index is 6.15. The van der Waals surface area contributed by atoms with Crippen molar-refractivity contribution in [2.75, 3.05) is 5.75 Å². The highest BCUT2D eigenvalue weighted by molar-refractivity contribution is 7.99. The molecule has 0 saturated carbocycles. The summed E-state index contributed by atoms with van der Waals surface area (Å²) in [6.07, 6.45) is 1.03. The Morgan fingerprint density at radius 1 is 1.20 bits per heavy atom. The quantitative estimate of drug-likeness (QED) is 0.826. The molecule has 0 spiro atoms. The zero-order valence-corrected chi connectivity index (χ0v) is 10.7. The fourth-order valence-electron chi connectivity index (χ4n) is 1.62. The van der Waals surface area contributed by atoms with Crippen molar-refractivity contribution in [3.8, 4) is 0 Å². The fraction of sp³-hybridized carbons (Fsp3) is 0.538. The molecule has 15 heavy (non-hydrogen) atoms. The molecule has 0 radical (unpaired) electrons. The first-order chi connectivity index (χ1) is 7.19. The Bertz CT molecular complexity index is 281. The zero-order valence-electron chi connectivity index (χ0n) is 9.86. The summed E-state index contributed by atoms with van der Waals surface area (Å²) in [6.45, 7) is 6.46. The lowest BCUT2D eigenvalue weighted by molar-refractivity contribution is 0.634. The highest BCUT2D eigenvalue weighted by atomic mass is 32.2. The first kappa shape index (κ1) is 12.6. The average molecular weight is 223 g/mol. The third-order valence-electron chi connectivity index (χ3n) is 2.61. The molecule has 2 atom stereocenters. The summed E-state index contributed by atoms with van der Waals surface area (Å²) in [5.41, 5.74) is 8.82. The number of benzene rings is 1. The van der Waals surface area contributed by atoms with Crippen LogP contribution in [0.3, 0.4) is 0 Å². The molecule has 2 unspecified atom stereocenters. The average Bonchev–Trinajstić information content (AvgIpc) is 2.26. The number of aryl methyl sites for hydroxylation is 1. The summed E-state index contributed by atoms with van der Waals surface area (Å²) < 4.78 is 0. The van der Waals surface area contributed by atoms with E-state index < -0.39 is 0 Å². The minimum atomic E-state index is 0.262. The van der Waals surface area contributed by atoms with Gasteiger partial charge in [0.25, 0.3) is 0 Å². The number of hydrogen-bond acceptors (Lipinski definition) is 2. The van der Waals surface area contributed by atoms with Gasteiger partial charge in [0.05, 0.1) is 0 Å². The first-order valence-electron chi connectivity index (χ1n) is 5.62. The Morgan fingerprint density at radius 2 is 1.80 bits per heavy atom. The van der Waals surface area contributed by atoms with Crippen LogP contribution in [0, 0.1) is 6.92 Å². The maximum absolute atomic E-state index is 6.15. The smallest absolute Gasteiger partial charge is 0.0448 e. The van der Waals surface area contributed by atoms with Crippen molar-refractivity contribution in [3.63, 3.8) is 0 Å². The standard InChI is InChI=1S/C13H21NS/c1-4-12(14)13(15-5-2)11-8-6-10(3)7-9-11/h6-9,12-13H,4-5,14H2,1-3H3. The van der Waals surface area contributed by atoms with Gasteiger partial charge in [0, 0.05) is 11.3 Å². The highest BCUT2D eigenvalue weighted by Crippen LogP contribution is 2.32. The Labute approximate surface area is 97.4 Å². The third kappa shape index (κ3) is 3.54. The van der Waals surface area contributed by atoms with Gasteiger partial charge < -0.3 is 5.73 Å². The second-order valence-corrected chi connectivity index (χ2v) is 5.28. The second kappa shape index (κ2) is 6.19. The molecule has 0 fully saturated rings. The van der Waals surface area contributed by atoms with E-state index >= 15 is 0 Å². The van der Waals surface area contributed by atoms with Crippen molar-refractivity contribution in [1.82, 2.24) is 0 Å². The Balaban J connectivity index is 2.83. The van der Waals surface area contributed by atoms with Crippen LogP contribution in [0.1, 0.15) is 36.6 Å². The molecule has 1 rings (SSSR count). The third-order valence-corrected chi connectivity index (χ3v) is 3.93. The molecule has 0 aliphatic heterocycles. The molecule has 0 saturated heterocycles. The van der Waals surface area contributed by atoms with Crippen molar-refractivity contribution < 1.29 is 0 Å². The number of hydrogen-bond donors (Lipinski definition) is 1. The minimum Gasteiger partial charge on any atom is -0.326 e. The lowest BCUT2D eigenvalue weighted by atomic mass is 10.0. The van der Waals surface area contributed by atoms with Gasteiger partial charge in [-0.2, -0.15) is 11.8 Å². The summed E-state index contributed by atoms with van der Waals surface area (Å²) in [4.78, 5) is 0. The molecule has 2 heteroatoms. The van der Waals surface area contributed by atoms with Crippen LogP contribution < -0.4 is 5.73 Å². The minimum absolute atomic E-state index is 0.262. The van der Waals surface area contributed by atoms with Crippen molar-refractivity contribution in [2.24, 2.45) is 5.73 Å². The predicted octanol–water partition coefficient (Wildman–Crippen LogP) is 3.53. The van der Waals surface area contributed by atoms with Crippen LogP contribution in [0.2, 0.25) is 0 Å². The summed E-state index contributed by atoms with van der Waals surface area (Å²) in [7, 11) is 0. The van der Waals surface area contributed by atoms with Gasteiger partial charge >= 0.3 is 0 Å². The first-order valence-corrected chi connectivity index (χ1v) is 6.67. The van der Waals surface area contributed by atoms with E-state index in [0.29, 0.717) is 5.25 Å². The van der Waals surface area contributed by atoms with E-state index in [4.69, 9.17) is 5.73 Å². The number of nitrogens with two attached hydrogens (primary N) is 1. The van der Waals surface area contributed by atoms with Crippen LogP contribution >= 0.6 is 11.8 Å². The Hall–Kier alpha value is -0.470. The van der Waals surface area contributed by atoms with Crippen molar-refractivity contribution in [1.29, 1.82) is 0 Å². The van der Waals surface area contributed by atoms with Gasteiger partial charge in [-0.05, 0) is 24.7 Å². The molecule has 1 nitrogen and oxygen atoms in total. The molecule has 1 aromatic rings. The molecular weight excluding hydrogens is 202 g/mol. The summed E-state index contributed by atoms with van der Waals surface area (Å²) >= 11 is 1.94. The van der Waals surface area contributed by atoms with E-state index in [0.717, 1.165) is 12.2 Å². The summed E-state index contributed by atoms with van der Waals surface area (Å²) in [6, 6.07) is 9.01. The largest absolute Gasteiger partial charge is 0.326 e. The fourth-order valence-corrected chi connectivity index (χ4v) is 2.77.